The van der Waals surface area contributed by atoms with Crippen LogP contribution in [0.15, 0.2) is 15.8 Å². The fourth-order valence-electron chi connectivity index (χ4n) is 1.74. The first kappa shape index (κ1) is 11.8. The maximum atomic E-state index is 11.5. The number of nitrogens with zero attached hydrogens (tertiary/aromatic N) is 1. The predicted octanol–water partition coefficient (Wildman–Crippen LogP) is -2.12. The van der Waals surface area contributed by atoms with Crippen LogP contribution in [0.3, 0.4) is 0 Å². The number of aromatic nitrogens is 2. The van der Waals surface area contributed by atoms with E-state index < -0.39 is 35.4 Å². The minimum atomic E-state index is -0.897. The number of hydrogen-bond acceptors (Lipinski definition) is 6. The van der Waals surface area contributed by atoms with Crippen LogP contribution >= 0.6 is 0 Å². The van der Waals surface area contributed by atoms with Crippen LogP contribution in [0.4, 0.5) is 0 Å². The van der Waals surface area contributed by atoms with Gasteiger partial charge in [-0.25, -0.2) is 4.79 Å². The van der Waals surface area contributed by atoms with Gasteiger partial charge < -0.3 is 20.1 Å². The molecule has 1 aliphatic heterocycles. The minimum absolute atomic E-state index is 0.0939. The number of aromatic hydroxyl groups is 1. The zero-order valence-corrected chi connectivity index (χ0v) is 8.74. The zero-order chi connectivity index (χ0) is 12.6. The van der Waals surface area contributed by atoms with Crippen molar-refractivity contribution in [2.75, 3.05) is 6.61 Å². The van der Waals surface area contributed by atoms with E-state index in [9.17, 15) is 19.8 Å². The quantitative estimate of drug-likeness (QED) is 0.471. The maximum absolute atomic E-state index is 11.5. The van der Waals surface area contributed by atoms with Crippen molar-refractivity contribution in [1.29, 1.82) is 0 Å². The molecule has 0 saturated carbocycles. The number of hydrogen-bond donors (Lipinski definition) is 4. The Balaban J connectivity index is 2.34. The van der Waals surface area contributed by atoms with Crippen molar-refractivity contribution in [2.24, 2.45) is 0 Å². The highest BCUT2D eigenvalue weighted by atomic mass is 16.5. The number of aromatic amines is 1. The highest BCUT2D eigenvalue weighted by Crippen LogP contribution is 2.27. The van der Waals surface area contributed by atoms with E-state index in [1.165, 1.54) is 0 Å². The van der Waals surface area contributed by atoms with Crippen molar-refractivity contribution in [3.63, 3.8) is 0 Å². The van der Waals surface area contributed by atoms with Gasteiger partial charge >= 0.3 is 5.69 Å². The van der Waals surface area contributed by atoms with Crippen molar-refractivity contribution < 1.29 is 20.1 Å². The number of rotatable bonds is 2. The Morgan fingerprint density at radius 2 is 2.24 bits per heavy atom. The average Bonchev–Trinajstić information content (AvgIpc) is 2.65. The molecule has 1 aromatic heterocycles. The van der Waals surface area contributed by atoms with E-state index in [4.69, 9.17) is 9.84 Å². The lowest BCUT2D eigenvalue weighted by Gasteiger charge is -2.14. The molecule has 0 aliphatic carbocycles. The van der Waals surface area contributed by atoms with E-state index in [-0.39, 0.29) is 13.0 Å². The molecule has 0 amide bonds. The first-order valence-electron chi connectivity index (χ1n) is 5.01. The molecule has 0 unspecified atom stereocenters. The molecule has 0 spiro atoms. The molecule has 17 heavy (non-hydrogen) atoms. The van der Waals surface area contributed by atoms with E-state index in [0.29, 0.717) is 0 Å². The van der Waals surface area contributed by atoms with Gasteiger partial charge in [-0.2, -0.15) is 0 Å². The Labute approximate surface area is 94.7 Å². The topological polar surface area (TPSA) is 125 Å². The van der Waals surface area contributed by atoms with E-state index in [1.807, 2.05) is 4.98 Å². The SMILES string of the molecule is O=c1[nH]c(=O)n([C@H]2C[C@@H](O)[C@@H](CO)O2)cc1O. The predicted molar refractivity (Wildman–Crippen MR) is 54.6 cm³/mol. The van der Waals surface area contributed by atoms with Gasteiger partial charge in [0.05, 0.1) is 18.9 Å². The van der Waals surface area contributed by atoms with Gasteiger partial charge in [0, 0.05) is 6.42 Å². The number of nitrogens with one attached hydrogen (secondary N) is 1. The third-order valence-electron chi connectivity index (χ3n) is 2.64. The third kappa shape index (κ3) is 2.09. The molecule has 3 atom stereocenters. The van der Waals surface area contributed by atoms with Gasteiger partial charge in [0.1, 0.15) is 12.3 Å². The summed E-state index contributed by atoms with van der Waals surface area (Å²) in [6.45, 7) is -0.373. The molecule has 94 valence electrons. The fourth-order valence-corrected chi connectivity index (χ4v) is 1.74. The number of aliphatic hydroxyl groups is 2. The second-order valence-corrected chi connectivity index (χ2v) is 3.80. The van der Waals surface area contributed by atoms with E-state index in [0.717, 1.165) is 10.8 Å². The molecule has 0 bridgehead atoms. The molecule has 2 rings (SSSR count). The van der Waals surface area contributed by atoms with Crippen molar-refractivity contribution in [3.05, 3.63) is 27.0 Å². The van der Waals surface area contributed by atoms with Gasteiger partial charge in [0.25, 0.3) is 5.56 Å². The fraction of sp³-hybridized carbons (Fsp3) is 0.556. The lowest BCUT2D eigenvalue weighted by Crippen LogP contribution is -2.32. The summed E-state index contributed by atoms with van der Waals surface area (Å²) in [5.74, 6) is -0.616. The van der Waals surface area contributed by atoms with Crippen LogP contribution in [0.2, 0.25) is 0 Å². The van der Waals surface area contributed by atoms with Crippen LogP contribution in [-0.2, 0) is 4.74 Å². The monoisotopic (exact) mass is 244 g/mol. The van der Waals surface area contributed by atoms with Crippen LogP contribution in [0, 0.1) is 0 Å². The first-order valence-corrected chi connectivity index (χ1v) is 5.01. The lowest BCUT2D eigenvalue weighted by molar-refractivity contribution is -0.0460. The lowest BCUT2D eigenvalue weighted by atomic mass is 10.2. The highest BCUT2D eigenvalue weighted by molar-refractivity contribution is 5.09. The van der Waals surface area contributed by atoms with E-state index in [1.54, 1.807) is 0 Å². The van der Waals surface area contributed by atoms with Crippen LogP contribution in [0.25, 0.3) is 0 Å². The molecule has 1 aliphatic rings. The minimum Gasteiger partial charge on any atom is -0.502 e. The second kappa shape index (κ2) is 4.32. The molecular weight excluding hydrogens is 232 g/mol. The largest absolute Gasteiger partial charge is 0.502 e. The first-order chi connectivity index (χ1) is 8.02. The summed E-state index contributed by atoms with van der Waals surface area (Å²) in [6, 6.07) is 0. The molecule has 1 fully saturated rings. The number of H-pyrrole nitrogens is 1. The molecule has 0 radical (unpaired) electrons. The second-order valence-electron chi connectivity index (χ2n) is 3.80. The molecule has 2 heterocycles. The van der Waals surface area contributed by atoms with Crippen LogP contribution in [0.5, 0.6) is 5.75 Å². The zero-order valence-electron chi connectivity index (χ0n) is 8.74. The summed E-state index contributed by atoms with van der Waals surface area (Å²) in [6.07, 6.45) is -1.46. The normalized spacial score (nSPS) is 28.5. The van der Waals surface area contributed by atoms with Gasteiger partial charge in [-0.3, -0.25) is 14.3 Å². The van der Waals surface area contributed by atoms with Crippen molar-refractivity contribution in [1.82, 2.24) is 9.55 Å². The van der Waals surface area contributed by atoms with Gasteiger partial charge in [0.15, 0.2) is 5.75 Å². The molecule has 1 aromatic rings. The van der Waals surface area contributed by atoms with E-state index >= 15 is 0 Å². The summed E-state index contributed by atoms with van der Waals surface area (Å²) in [5, 5.41) is 27.6. The molecule has 8 nitrogen and oxygen atoms in total. The van der Waals surface area contributed by atoms with Crippen LogP contribution in [0.1, 0.15) is 12.6 Å². The van der Waals surface area contributed by atoms with Gasteiger partial charge in [-0.05, 0) is 0 Å². The van der Waals surface area contributed by atoms with Crippen molar-refractivity contribution >= 4 is 0 Å². The Morgan fingerprint density at radius 1 is 1.53 bits per heavy atom. The highest BCUT2D eigenvalue weighted by Gasteiger charge is 2.35. The molecule has 1 saturated heterocycles. The summed E-state index contributed by atoms with van der Waals surface area (Å²) >= 11 is 0. The Hall–Kier alpha value is -1.64. The maximum Gasteiger partial charge on any atom is 0.330 e. The number of aliphatic hydroxyl groups excluding tert-OH is 2. The van der Waals surface area contributed by atoms with Crippen molar-refractivity contribution in [2.45, 2.75) is 24.9 Å². The Kier molecular flexibility index (Phi) is 3.01. The van der Waals surface area contributed by atoms with Gasteiger partial charge in [-0.1, -0.05) is 0 Å². The molecule has 0 aromatic carbocycles. The average molecular weight is 244 g/mol. The summed E-state index contributed by atoms with van der Waals surface area (Å²) < 4.78 is 6.18. The van der Waals surface area contributed by atoms with Gasteiger partial charge in [0.2, 0.25) is 0 Å². The Morgan fingerprint density at radius 3 is 2.82 bits per heavy atom. The standard InChI is InChI=1S/C9H12N2O6/c12-3-6-4(13)1-7(17-6)11-2-5(14)8(15)10-9(11)16/h2,4,6-7,12-14H,1,3H2,(H,10,15,16)/t4-,6-,7-/m1/s1. The summed E-state index contributed by atoms with van der Waals surface area (Å²) in [7, 11) is 0. The third-order valence-corrected chi connectivity index (χ3v) is 2.64. The molecule has 8 heteroatoms. The summed E-state index contributed by atoms with van der Waals surface area (Å²) in [5.41, 5.74) is -1.63. The Bertz CT molecular complexity index is 521. The smallest absolute Gasteiger partial charge is 0.330 e. The van der Waals surface area contributed by atoms with E-state index in [2.05, 4.69) is 0 Å². The van der Waals surface area contributed by atoms with Crippen LogP contribution < -0.4 is 11.2 Å². The molecule has 4 N–H and O–H groups in total. The number of ether oxygens (including phenoxy) is 1. The van der Waals surface area contributed by atoms with Gasteiger partial charge in [-0.15, -0.1) is 0 Å². The summed E-state index contributed by atoms with van der Waals surface area (Å²) in [4.78, 5) is 24.3. The van der Waals surface area contributed by atoms with Crippen LogP contribution in [-0.4, -0.2) is 43.7 Å². The molecular formula is C9H12N2O6. The van der Waals surface area contributed by atoms with Crippen molar-refractivity contribution in [3.8, 4) is 5.75 Å².